The van der Waals surface area contributed by atoms with Crippen LogP contribution < -0.4 is 5.32 Å². The molecular weight excluding hydrogens is 264 g/mol. The summed E-state index contributed by atoms with van der Waals surface area (Å²) in [6.07, 6.45) is 3.74. The lowest BCUT2D eigenvalue weighted by Gasteiger charge is -2.27. The monoisotopic (exact) mass is 288 g/mol. The second-order valence-corrected chi connectivity index (χ2v) is 6.17. The molecule has 2 fully saturated rings. The lowest BCUT2D eigenvalue weighted by molar-refractivity contribution is -0.143. The standard InChI is InChI=1S/C17H24N2O2/c1-21-17(20)16(13-5-3-2-4-6-13)12-19-10-9-14-7-8-15(11-19)18-14/h2-6,14-16,18H,7-12H2,1H3. The van der Waals surface area contributed by atoms with Crippen LogP contribution in [0.25, 0.3) is 0 Å². The van der Waals surface area contributed by atoms with Crippen molar-refractivity contribution in [3.05, 3.63) is 35.9 Å². The number of benzene rings is 1. The zero-order valence-corrected chi connectivity index (χ0v) is 12.6. The summed E-state index contributed by atoms with van der Waals surface area (Å²) in [5, 5.41) is 3.68. The van der Waals surface area contributed by atoms with Crippen molar-refractivity contribution in [1.82, 2.24) is 10.2 Å². The Kier molecular flexibility index (Phi) is 4.56. The van der Waals surface area contributed by atoms with Crippen molar-refractivity contribution < 1.29 is 9.53 Å². The van der Waals surface area contributed by atoms with Crippen molar-refractivity contribution in [2.45, 2.75) is 37.3 Å². The molecule has 2 heterocycles. The van der Waals surface area contributed by atoms with Crippen LogP contribution in [0, 0.1) is 0 Å². The highest BCUT2D eigenvalue weighted by Gasteiger charge is 2.32. The molecule has 2 aliphatic rings. The Morgan fingerprint density at radius 2 is 2.05 bits per heavy atom. The Morgan fingerprint density at radius 3 is 2.81 bits per heavy atom. The van der Waals surface area contributed by atoms with E-state index in [0.29, 0.717) is 12.1 Å². The van der Waals surface area contributed by atoms with Crippen LogP contribution in [0.5, 0.6) is 0 Å². The number of hydrogen-bond acceptors (Lipinski definition) is 4. The fourth-order valence-corrected chi connectivity index (χ4v) is 3.58. The van der Waals surface area contributed by atoms with Crippen LogP contribution in [0.2, 0.25) is 0 Å². The molecule has 0 amide bonds. The fourth-order valence-electron chi connectivity index (χ4n) is 3.58. The van der Waals surface area contributed by atoms with Crippen LogP contribution in [-0.4, -0.2) is 49.7 Å². The van der Waals surface area contributed by atoms with E-state index >= 15 is 0 Å². The molecule has 1 N–H and O–H groups in total. The van der Waals surface area contributed by atoms with Crippen molar-refractivity contribution in [3.8, 4) is 0 Å². The predicted molar refractivity (Wildman–Crippen MR) is 82.2 cm³/mol. The Balaban J connectivity index is 1.71. The SMILES string of the molecule is COC(=O)C(CN1CCC2CCC(C1)N2)c1ccccc1. The number of rotatable bonds is 4. The summed E-state index contributed by atoms with van der Waals surface area (Å²) in [4.78, 5) is 14.6. The van der Waals surface area contributed by atoms with Crippen molar-refractivity contribution in [1.29, 1.82) is 0 Å². The maximum Gasteiger partial charge on any atom is 0.314 e. The number of methoxy groups -OCH3 is 1. The molecule has 2 saturated heterocycles. The molecule has 4 heteroatoms. The van der Waals surface area contributed by atoms with E-state index in [-0.39, 0.29) is 11.9 Å². The zero-order valence-electron chi connectivity index (χ0n) is 12.6. The molecular formula is C17H24N2O2. The Bertz CT molecular complexity index is 477. The molecule has 1 aromatic rings. The zero-order chi connectivity index (χ0) is 14.7. The third-order valence-corrected chi connectivity index (χ3v) is 4.74. The Labute approximate surface area is 126 Å². The number of esters is 1. The van der Waals surface area contributed by atoms with Gasteiger partial charge in [0, 0.05) is 25.2 Å². The molecule has 0 radical (unpaired) electrons. The van der Waals surface area contributed by atoms with Crippen molar-refractivity contribution >= 4 is 5.97 Å². The molecule has 2 bridgehead atoms. The van der Waals surface area contributed by atoms with Gasteiger partial charge >= 0.3 is 5.97 Å². The molecule has 3 atom stereocenters. The molecule has 3 unspecified atom stereocenters. The number of carbonyl (C=O) groups excluding carboxylic acids is 1. The summed E-state index contributed by atoms with van der Waals surface area (Å²) >= 11 is 0. The van der Waals surface area contributed by atoms with Crippen LogP contribution in [0.3, 0.4) is 0 Å². The first kappa shape index (κ1) is 14.5. The average Bonchev–Trinajstić information content (AvgIpc) is 2.86. The second-order valence-electron chi connectivity index (χ2n) is 6.17. The van der Waals surface area contributed by atoms with Crippen LogP contribution in [-0.2, 0) is 9.53 Å². The van der Waals surface area contributed by atoms with Gasteiger partial charge in [0.1, 0.15) is 0 Å². The topological polar surface area (TPSA) is 41.6 Å². The first-order valence-electron chi connectivity index (χ1n) is 7.87. The smallest absolute Gasteiger partial charge is 0.314 e. The molecule has 0 spiro atoms. The molecule has 2 aliphatic heterocycles. The normalized spacial score (nSPS) is 27.1. The quantitative estimate of drug-likeness (QED) is 0.857. The highest BCUT2D eigenvalue weighted by molar-refractivity contribution is 5.78. The minimum absolute atomic E-state index is 0.136. The fraction of sp³-hybridized carbons (Fsp3) is 0.588. The van der Waals surface area contributed by atoms with Gasteiger partial charge in [-0.05, 0) is 31.4 Å². The summed E-state index contributed by atoms with van der Waals surface area (Å²) in [6.45, 7) is 2.85. The number of nitrogens with one attached hydrogen (secondary N) is 1. The summed E-state index contributed by atoms with van der Waals surface area (Å²) in [5.41, 5.74) is 1.05. The maximum absolute atomic E-state index is 12.2. The Morgan fingerprint density at radius 1 is 1.29 bits per heavy atom. The van der Waals surface area contributed by atoms with Crippen LogP contribution in [0.1, 0.15) is 30.7 Å². The van der Waals surface area contributed by atoms with E-state index in [1.807, 2.05) is 30.3 Å². The van der Waals surface area contributed by atoms with Crippen LogP contribution in [0.4, 0.5) is 0 Å². The van der Waals surface area contributed by atoms with Gasteiger partial charge in [0.15, 0.2) is 0 Å². The third-order valence-electron chi connectivity index (χ3n) is 4.74. The van der Waals surface area contributed by atoms with E-state index in [2.05, 4.69) is 10.2 Å². The van der Waals surface area contributed by atoms with Crippen molar-refractivity contribution in [2.24, 2.45) is 0 Å². The number of ether oxygens (including phenoxy) is 1. The number of nitrogens with zero attached hydrogens (tertiary/aromatic N) is 1. The van der Waals surface area contributed by atoms with E-state index in [4.69, 9.17) is 4.74 Å². The van der Waals surface area contributed by atoms with Gasteiger partial charge < -0.3 is 15.0 Å². The van der Waals surface area contributed by atoms with E-state index in [1.54, 1.807) is 0 Å². The molecule has 3 rings (SSSR count). The van der Waals surface area contributed by atoms with Gasteiger partial charge in [-0.25, -0.2) is 0 Å². The highest BCUT2D eigenvalue weighted by atomic mass is 16.5. The van der Waals surface area contributed by atoms with Gasteiger partial charge in [0.05, 0.1) is 13.0 Å². The van der Waals surface area contributed by atoms with E-state index in [9.17, 15) is 4.79 Å². The molecule has 114 valence electrons. The molecule has 0 aromatic heterocycles. The Hall–Kier alpha value is -1.39. The van der Waals surface area contributed by atoms with Gasteiger partial charge in [-0.3, -0.25) is 4.79 Å². The van der Waals surface area contributed by atoms with E-state index < -0.39 is 0 Å². The maximum atomic E-state index is 12.2. The minimum Gasteiger partial charge on any atom is -0.469 e. The van der Waals surface area contributed by atoms with Gasteiger partial charge in [-0.2, -0.15) is 0 Å². The average molecular weight is 288 g/mol. The number of fused-ring (bicyclic) bond motifs is 2. The van der Waals surface area contributed by atoms with Gasteiger partial charge in [-0.1, -0.05) is 30.3 Å². The molecule has 1 aromatic carbocycles. The van der Waals surface area contributed by atoms with Crippen molar-refractivity contribution in [2.75, 3.05) is 26.7 Å². The molecule has 0 saturated carbocycles. The molecule has 21 heavy (non-hydrogen) atoms. The minimum atomic E-state index is -0.187. The number of likely N-dealkylation sites (tertiary alicyclic amines) is 1. The first-order valence-corrected chi connectivity index (χ1v) is 7.87. The molecule has 4 nitrogen and oxygen atoms in total. The van der Waals surface area contributed by atoms with E-state index in [1.165, 1.54) is 26.4 Å². The number of carbonyl (C=O) groups is 1. The van der Waals surface area contributed by atoms with Crippen LogP contribution >= 0.6 is 0 Å². The summed E-state index contributed by atoms with van der Waals surface area (Å²) in [6, 6.07) is 11.2. The number of hydrogen-bond donors (Lipinski definition) is 1. The predicted octanol–water partition coefficient (Wildman–Crippen LogP) is 1.77. The summed E-state index contributed by atoms with van der Waals surface area (Å²) < 4.78 is 5.02. The molecule has 0 aliphatic carbocycles. The van der Waals surface area contributed by atoms with E-state index in [0.717, 1.165) is 25.2 Å². The largest absolute Gasteiger partial charge is 0.469 e. The highest BCUT2D eigenvalue weighted by Crippen LogP contribution is 2.24. The summed E-state index contributed by atoms with van der Waals surface area (Å²) in [7, 11) is 1.48. The third kappa shape index (κ3) is 3.44. The van der Waals surface area contributed by atoms with Gasteiger partial charge in [0.25, 0.3) is 0 Å². The lowest BCUT2D eigenvalue weighted by Crippen LogP contribution is -2.39. The van der Waals surface area contributed by atoms with Crippen LogP contribution in [0.15, 0.2) is 30.3 Å². The summed E-state index contributed by atoms with van der Waals surface area (Å²) in [5.74, 6) is -0.323. The van der Waals surface area contributed by atoms with Gasteiger partial charge in [0.2, 0.25) is 0 Å². The first-order chi connectivity index (χ1) is 10.3. The van der Waals surface area contributed by atoms with Crippen molar-refractivity contribution in [3.63, 3.8) is 0 Å². The van der Waals surface area contributed by atoms with Gasteiger partial charge in [-0.15, -0.1) is 0 Å². The lowest BCUT2D eigenvalue weighted by atomic mass is 9.97. The second kappa shape index (κ2) is 6.58.